The van der Waals surface area contributed by atoms with Gasteiger partial charge in [-0.1, -0.05) is 69.3 Å². The van der Waals surface area contributed by atoms with Gasteiger partial charge >= 0.3 is 0 Å². The van der Waals surface area contributed by atoms with E-state index in [0.29, 0.717) is 16.7 Å². The molecule has 0 aliphatic heterocycles. The van der Waals surface area contributed by atoms with Crippen LogP contribution in [0, 0.1) is 0 Å². The first-order valence-electron chi connectivity index (χ1n) is 9.09. The summed E-state index contributed by atoms with van der Waals surface area (Å²) < 4.78 is 5.84. The number of para-hydroxylation sites is 1. The van der Waals surface area contributed by atoms with E-state index in [0.717, 1.165) is 16.5 Å². The van der Waals surface area contributed by atoms with Gasteiger partial charge in [-0.15, -0.1) is 10.2 Å². The van der Waals surface area contributed by atoms with Crippen LogP contribution in [0.5, 0.6) is 0 Å². The van der Waals surface area contributed by atoms with Crippen molar-refractivity contribution >= 4 is 28.4 Å². The van der Waals surface area contributed by atoms with Gasteiger partial charge in [0.2, 0.25) is 5.89 Å². The zero-order valence-electron chi connectivity index (χ0n) is 16.0. The lowest BCUT2D eigenvalue weighted by molar-refractivity contribution is 0.0990. The van der Waals surface area contributed by atoms with Gasteiger partial charge in [-0.3, -0.25) is 4.79 Å². The van der Waals surface area contributed by atoms with Gasteiger partial charge in [0.1, 0.15) is 5.25 Å². The molecule has 4 rings (SSSR count). The van der Waals surface area contributed by atoms with Crippen LogP contribution in [0.15, 0.2) is 70.4 Å². The van der Waals surface area contributed by atoms with Crippen LogP contribution in [-0.2, 0) is 5.41 Å². The minimum absolute atomic E-state index is 0.00385. The van der Waals surface area contributed by atoms with Crippen molar-refractivity contribution < 1.29 is 9.21 Å². The molecule has 5 nitrogen and oxygen atoms in total. The van der Waals surface area contributed by atoms with E-state index in [1.165, 1.54) is 11.8 Å². The second kappa shape index (κ2) is 7.28. The van der Waals surface area contributed by atoms with Gasteiger partial charge in [0, 0.05) is 28.1 Å². The number of ketones is 1. The second-order valence-electron chi connectivity index (χ2n) is 7.64. The third-order valence-corrected chi connectivity index (χ3v) is 5.55. The van der Waals surface area contributed by atoms with Crippen molar-refractivity contribution in [2.45, 2.75) is 36.7 Å². The number of carbonyl (C=O) groups is 1. The van der Waals surface area contributed by atoms with E-state index in [1.54, 1.807) is 6.20 Å². The molecule has 6 heteroatoms. The smallest absolute Gasteiger partial charge is 0.277 e. The second-order valence-corrected chi connectivity index (χ2v) is 8.70. The minimum Gasteiger partial charge on any atom is -0.415 e. The summed E-state index contributed by atoms with van der Waals surface area (Å²) in [5.41, 5.74) is 2.26. The standard InChI is InChI=1S/C22H21N3O2S/c1-22(2,3)20-24-25-21(27-20)28-19(14-9-5-4-6-10-14)18(26)16-13-23-17-12-8-7-11-15(16)17/h4-13,19,23H,1-3H3. The highest BCUT2D eigenvalue weighted by atomic mass is 32.2. The number of benzene rings is 2. The molecule has 2 aromatic heterocycles. The Morgan fingerprint density at radius 3 is 2.46 bits per heavy atom. The average Bonchev–Trinajstić information content (AvgIpc) is 3.33. The van der Waals surface area contributed by atoms with Crippen molar-refractivity contribution in [1.29, 1.82) is 0 Å². The molecule has 1 atom stereocenters. The molecule has 28 heavy (non-hydrogen) atoms. The molecule has 0 radical (unpaired) electrons. The molecule has 0 aliphatic rings. The molecule has 2 heterocycles. The summed E-state index contributed by atoms with van der Waals surface area (Å²) >= 11 is 1.29. The van der Waals surface area contributed by atoms with E-state index in [2.05, 4.69) is 15.2 Å². The fourth-order valence-corrected chi connectivity index (χ4v) is 3.92. The number of rotatable bonds is 5. The maximum atomic E-state index is 13.5. The largest absolute Gasteiger partial charge is 0.415 e. The Hall–Kier alpha value is -2.86. The van der Waals surface area contributed by atoms with Crippen LogP contribution < -0.4 is 0 Å². The van der Waals surface area contributed by atoms with Gasteiger partial charge in [0.25, 0.3) is 5.22 Å². The predicted molar refractivity (Wildman–Crippen MR) is 111 cm³/mol. The molecule has 0 aliphatic carbocycles. The summed E-state index contributed by atoms with van der Waals surface area (Å²) in [5.74, 6) is 0.561. The highest BCUT2D eigenvalue weighted by Crippen LogP contribution is 2.39. The Morgan fingerprint density at radius 1 is 1.04 bits per heavy atom. The molecule has 0 amide bonds. The van der Waals surface area contributed by atoms with Crippen LogP contribution in [0.1, 0.15) is 47.8 Å². The van der Waals surface area contributed by atoms with Crippen LogP contribution in [0.25, 0.3) is 10.9 Å². The highest BCUT2D eigenvalue weighted by molar-refractivity contribution is 8.00. The molecule has 0 saturated carbocycles. The Labute approximate surface area is 167 Å². The summed E-state index contributed by atoms with van der Waals surface area (Å²) in [7, 11) is 0. The van der Waals surface area contributed by atoms with Gasteiger partial charge in [0.15, 0.2) is 5.78 Å². The maximum absolute atomic E-state index is 13.5. The Morgan fingerprint density at radius 2 is 1.75 bits per heavy atom. The molecule has 0 spiro atoms. The summed E-state index contributed by atoms with van der Waals surface area (Å²) in [6.07, 6.45) is 1.78. The van der Waals surface area contributed by atoms with E-state index in [9.17, 15) is 4.79 Å². The monoisotopic (exact) mass is 391 g/mol. The number of carbonyl (C=O) groups excluding carboxylic acids is 1. The molecular formula is C22H21N3O2S. The lowest BCUT2D eigenvalue weighted by atomic mass is 9.97. The molecule has 0 bridgehead atoms. The van der Waals surface area contributed by atoms with Crippen molar-refractivity contribution in [2.75, 3.05) is 0 Å². The highest BCUT2D eigenvalue weighted by Gasteiger charge is 2.29. The zero-order valence-corrected chi connectivity index (χ0v) is 16.8. The lowest BCUT2D eigenvalue weighted by Crippen LogP contribution is -2.11. The predicted octanol–water partition coefficient (Wildman–Crippen LogP) is 5.56. The van der Waals surface area contributed by atoms with Gasteiger partial charge in [0.05, 0.1) is 0 Å². The Bertz CT molecular complexity index is 1110. The topological polar surface area (TPSA) is 71.8 Å². The maximum Gasteiger partial charge on any atom is 0.277 e. The number of nitrogens with one attached hydrogen (secondary N) is 1. The van der Waals surface area contributed by atoms with Crippen molar-refractivity contribution in [3.05, 3.63) is 77.8 Å². The molecule has 4 aromatic rings. The minimum atomic E-state index is -0.478. The number of Topliss-reactive ketones (excluding diaryl/α,β-unsaturated/α-hetero) is 1. The summed E-state index contributed by atoms with van der Waals surface area (Å²) in [4.78, 5) is 16.7. The molecule has 1 N–H and O–H groups in total. The number of hydrogen-bond donors (Lipinski definition) is 1. The van der Waals surface area contributed by atoms with E-state index in [-0.39, 0.29) is 11.2 Å². The first-order chi connectivity index (χ1) is 13.4. The third kappa shape index (κ3) is 3.60. The number of thioether (sulfide) groups is 1. The normalized spacial score (nSPS) is 13.0. The van der Waals surface area contributed by atoms with Crippen LogP contribution in [-0.4, -0.2) is 21.0 Å². The fourth-order valence-electron chi connectivity index (χ4n) is 2.98. The van der Waals surface area contributed by atoms with Crippen LogP contribution >= 0.6 is 11.8 Å². The van der Waals surface area contributed by atoms with Gasteiger partial charge in [-0.25, -0.2) is 0 Å². The SMILES string of the molecule is CC(C)(C)c1nnc(SC(C(=O)c2c[nH]c3ccccc23)c2ccccc2)o1. The number of aromatic nitrogens is 3. The number of aromatic amines is 1. The Balaban J connectivity index is 1.72. The summed E-state index contributed by atoms with van der Waals surface area (Å²) in [5, 5.41) is 9.14. The average molecular weight is 391 g/mol. The fraction of sp³-hybridized carbons (Fsp3) is 0.227. The van der Waals surface area contributed by atoms with Gasteiger partial charge in [-0.05, 0) is 23.4 Å². The molecule has 142 valence electrons. The van der Waals surface area contributed by atoms with Crippen LogP contribution in [0.4, 0.5) is 0 Å². The number of nitrogens with zero attached hydrogens (tertiary/aromatic N) is 2. The lowest BCUT2D eigenvalue weighted by Gasteiger charge is -2.14. The van der Waals surface area contributed by atoms with Crippen molar-refractivity contribution in [1.82, 2.24) is 15.2 Å². The number of H-pyrrole nitrogens is 1. The number of fused-ring (bicyclic) bond motifs is 1. The van der Waals surface area contributed by atoms with Gasteiger partial charge in [-0.2, -0.15) is 0 Å². The molecule has 0 fully saturated rings. The molecule has 2 aromatic carbocycles. The third-order valence-electron chi connectivity index (χ3n) is 4.46. The first kappa shape index (κ1) is 18.5. The molecule has 0 saturated heterocycles. The van der Waals surface area contributed by atoms with Crippen molar-refractivity contribution in [2.24, 2.45) is 0 Å². The van der Waals surface area contributed by atoms with Crippen LogP contribution in [0.2, 0.25) is 0 Å². The van der Waals surface area contributed by atoms with Crippen molar-refractivity contribution in [3.8, 4) is 0 Å². The zero-order chi connectivity index (χ0) is 19.7. The number of hydrogen-bond acceptors (Lipinski definition) is 5. The first-order valence-corrected chi connectivity index (χ1v) is 9.97. The van der Waals surface area contributed by atoms with Gasteiger partial charge < -0.3 is 9.40 Å². The van der Waals surface area contributed by atoms with Crippen molar-refractivity contribution in [3.63, 3.8) is 0 Å². The summed E-state index contributed by atoms with van der Waals surface area (Å²) in [6.45, 7) is 6.04. The van der Waals surface area contributed by atoms with Crippen LogP contribution in [0.3, 0.4) is 0 Å². The van der Waals surface area contributed by atoms with E-state index >= 15 is 0 Å². The quantitative estimate of drug-likeness (QED) is 0.356. The van der Waals surface area contributed by atoms with E-state index in [1.807, 2.05) is 75.4 Å². The Kier molecular flexibility index (Phi) is 4.81. The molecular weight excluding hydrogens is 370 g/mol. The molecule has 1 unspecified atom stereocenters. The van der Waals surface area contributed by atoms with E-state index in [4.69, 9.17) is 4.42 Å². The van der Waals surface area contributed by atoms with E-state index < -0.39 is 5.25 Å². The summed E-state index contributed by atoms with van der Waals surface area (Å²) in [6, 6.07) is 17.5.